The van der Waals surface area contributed by atoms with Crippen molar-refractivity contribution in [2.75, 3.05) is 6.61 Å². The molecule has 0 aliphatic heterocycles. The normalized spacial score (nSPS) is 14.6. The fourth-order valence-corrected chi connectivity index (χ4v) is 1.31. The molecule has 1 rings (SSSR count). The summed E-state index contributed by atoms with van der Waals surface area (Å²) in [6.45, 7) is 2.12. The first-order valence-electron chi connectivity index (χ1n) is 5.13. The number of esters is 1. The van der Waals surface area contributed by atoms with Crippen LogP contribution in [0.3, 0.4) is 0 Å². The number of ketones is 1. The highest BCUT2D eigenvalue weighted by atomic mass is 16.5. The molecule has 0 N–H and O–H groups in total. The Balaban J connectivity index is 2.33. The van der Waals surface area contributed by atoms with Crippen LogP contribution in [0.2, 0.25) is 0 Å². The van der Waals surface area contributed by atoms with Gasteiger partial charge in [0.05, 0.1) is 13.0 Å². The molecule has 0 bridgehead atoms. The van der Waals surface area contributed by atoms with Gasteiger partial charge in [-0.1, -0.05) is 18.2 Å². The second kappa shape index (κ2) is 6.17. The van der Waals surface area contributed by atoms with Gasteiger partial charge in [-0.2, -0.15) is 0 Å². The molecule has 0 atom stereocenters. The van der Waals surface area contributed by atoms with Crippen LogP contribution >= 0.6 is 0 Å². The fourth-order valence-electron chi connectivity index (χ4n) is 1.31. The van der Waals surface area contributed by atoms with Crippen molar-refractivity contribution in [3.8, 4) is 0 Å². The monoisotopic (exact) mass is 207 g/mol. The van der Waals surface area contributed by atoms with E-state index in [1.165, 1.54) is 0 Å². The van der Waals surface area contributed by atoms with Gasteiger partial charge in [0, 0.05) is 12.0 Å². The molecule has 0 amide bonds. The molecule has 1 aliphatic rings. The van der Waals surface area contributed by atoms with Gasteiger partial charge in [-0.05, 0) is 19.8 Å². The topological polar surface area (TPSA) is 43.4 Å². The SMILES string of the molecule is CCOC(=O)CCC(=O)C1=CC[CH]C=C1. The van der Waals surface area contributed by atoms with Gasteiger partial charge in [0.2, 0.25) is 0 Å². The summed E-state index contributed by atoms with van der Waals surface area (Å²) in [5, 5.41) is 0. The van der Waals surface area contributed by atoms with Gasteiger partial charge in [0.1, 0.15) is 0 Å². The van der Waals surface area contributed by atoms with Crippen LogP contribution in [0.4, 0.5) is 0 Å². The third-order valence-electron chi connectivity index (χ3n) is 2.07. The summed E-state index contributed by atoms with van der Waals surface area (Å²) in [4.78, 5) is 22.6. The zero-order valence-electron chi connectivity index (χ0n) is 8.86. The Morgan fingerprint density at radius 2 is 2.20 bits per heavy atom. The summed E-state index contributed by atoms with van der Waals surface area (Å²) in [5.41, 5.74) is 0.696. The molecule has 1 radical (unpaired) electrons. The van der Waals surface area contributed by atoms with E-state index in [9.17, 15) is 9.59 Å². The summed E-state index contributed by atoms with van der Waals surface area (Å²) >= 11 is 0. The lowest BCUT2D eigenvalue weighted by molar-refractivity contribution is -0.144. The van der Waals surface area contributed by atoms with Gasteiger partial charge in [-0.25, -0.2) is 0 Å². The van der Waals surface area contributed by atoms with Crippen LogP contribution in [0, 0.1) is 6.42 Å². The number of allylic oxidation sites excluding steroid dienone is 4. The zero-order valence-corrected chi connectivity index (χ0v) is 8.86. The van der Waals surface area contributed by atoms with E-state index in [0.717, 1.165) is 6.42 Å². The number of rotatable bonds is 5. The van der Waals surface area contributed by atoms with E-state index in [0.29, 0.717) is 12.2 Å². The van der Waals surface area contributed by atoms with Crippen LogP contribution in [-0.4, -0.2) is 18.4 Å². The van der Waals surface area contributed by atoms with Crippen molar-refractivity contribution in [1.29, 1.82) is 0 Å². The van der Waals surface area contributed by atoms with E-state index in [2.05, 4.69) is 0 Å². The second-order valence-electron chi connectivity index (χ2n) is 3.22. The van der Waals surface area contributed by atoms with Crippen molar-refractivity contribution in [2.24, 2.45) is 0 Å². The molecule has 15 heavy (non-hydrogen) atoms. The van der Waals surface area contributed by atoms with Crippen molar-refractivity contribution >= 4 is 11.8 Å². The van der Waals surface area contributed by atoms with Crippen LogP contribution in [0.1, 0.15) is 26.2 Å². The highest BCUT2D eigenvalue weighted by Gasteiger charge is 2.11. The minimum atomic E-state index is -0.308. The van der Waals surface area contributed by atoms with Gasteiger partial charge in [-0.15, -0.1) is 0 Å². The Kier molecular flexibility index (Phi) is 4.81. The maximum atomic E-state index is 11.6. The van der Waals surface area contributed by atoms with Gasteiger partial charge >= 0.3 is 5.97 Å². The largest absolute Gasteiger partial charge is 0.466 e. The predicted octanol–water partition coefficient (Wildman–Crippen LogP) is 1.99. The zero-order chi connectivity index (χ0) is 11.1. The quantitative estimate of drug-likeness (QED) is 0.647. The van der Waals surface area contributed by atoms with Crippen molar-refractivity contribution in [3.63, 3.8) is 0 Å². The molecule has 0 unspecified atom stereocenters. The summed E-state index contributed by atoms with van der Waals surface area (Å²) in [5.74, 6) is -0.301. The van der Waals surface area contributed by atoms with Crippen LogP contribution < -0.4 is 0 Å². The lowest BCUT2D eigenvalue weighted by Gasteiger charge is -2.05. The van der Waals surface area contributed by atoms with E-state index >= 15 is 0 Å². The number of carbonyl (C=O) groups excluding carboxylic acids is 2. The Labute approximate surface area is 89.8 Å². The number of hydrogen-bond acceptors (Lipinski definition) is 3. The lowest BCUT2D eigenvalue weighted by atomic mass is 10.0. The molecule has 81 valence electrons. The summed E-state index contributed by atoms with van der Waals surface area (Å²) in [6, 6.07) is 0. The molecule has 1 aliphatic carbocycles. The molecule has 3 heteroatoms. The molecule has 0 aromatic rings. The second-order valence-corrected chi connectivity index (χ2v) is 3.22. The van der Waals surface area contributed by atoms with Crippen molar-refractivity contribution in [2.45, 2.75) is 26.2 Å². The van der Waals surface area contributed by atoms with E-state index in [1.807, 2.05) is 18.6 Å². The Hall–Kier alpha value is -1.38. The number of hydrogen-bond donors (Lipinski definition) is 0. The minimum absolute atomic E-state index is 0.00685. The maximum absolute atomic E-state index is 11.6. The van der Waals surface area contributed by atoms with Crippen molar-refractivity contribution in [1.82, 2.24) is 0 Å². The molecule has 0 saturated heterocycles. The van der Waals surface area contributed by atoms with Gasteiger partial charge in [0.15, 0.2) is 5.78 Å². The van der Waals surface area contributed by atoms with E-state index in [-0.39, 0.29) is 24.6 Å². The van der Waals surface area contributed by atoms with E-state index in [4.69, 9.17) is 4.74 Å². The fraction of sp³-hybridized carbons (Fsp3) is 0.417. The first-order valence-corrected chi connectivity index (χ1v) is 5.13. The van der Waals surface area contributed by atoms with E-state index < -0.39 is 0 Å². The van der Waals surface area contributed by atoms with Gasteiger partial charge in [-0.3, -0.25) is 9.59 Å². The summed E-state index contributed by atoms with van der Waals surface area (Å²) in [6.07, 6.45) is 8.66. The Morgan fingerprint density at radius 1 is 1.40 bits per heavy atom. The molecule has 0 fully saturated rings. The van der Waals surface area contributed by atoms with Crippen LogP contribution in [0.25, 0.3) is 0 Å². The van der Waals surface area contributed by atoms with Crippen molar-refractivity contribution in [3.05, 3.63) is 30.2 Å². The van der Waals surface area contributed by atoms with Gasteiger partial charge in [0.25, 0.3) is 0 Å². The predicted molar refractivity (Wildman–Crippen MR) is 57.0 cm³/mol. The van der Waals surface area contributed by atoms with E-state index in [1.54, 1.807) is 13.0 Å². The molecule has 0 heterocycles. The highest BCUT2D eigenvalue weighted by Crippen LogP contribution is 2.12. The number of carbonyl (C=O) groups is 2. The number of Topliss-reactive ketones (excluding diaryl/α,β-unsaturated/α-hetero) is 1. The number of ether oxygens (including phenoxy) is 1. The molecule has 0 aromatic carbocycles. The summed E-state index contributed by atoms with van der Waals surface area (Å²) < 4.78 is 4.74. The maximum Gasteiger partial charge on any atom is 0.306 e. The van der Waals surface area contributed by atoms with Crippen molar-refractivity contribution < 1.29 is 14.3 Å². The Bertz CT molecular complexity index is 300. The first-order chi connectivity index (χ1) is 7.24. The molecular weight excluding hydrogens is 192 g/mol. The summed E-state index contributed by atoms with van der Waals surface area (Å²) in [7, 11) is 0. The third kappa shape index (κ3) is 4.11. The molecule has 0 aromatic heterocycles. The first kappa shape index (κ1) is 11.7. The molecule has 0 spiro atoms. The molecule has 0 saturated carbocycles. The van der Waals surface area contributed by atoms with Crippen LogP contribution in [0.15, 0.2) is 23.8 Å². The smallest absolute Gasteiger partial charge is 0.306 e. The van der Waals surface area contributed by atoms with Gasteiger partial charge < -0.3 is 4.74 Å². The lowest BCUT2D eigenvalue weighted by Crippen LogP contribution is -2.09. The average molecular weight is 207 g/mol. The molecule has 3 nitrogen and oxygen atoms in total. The minimum Gasteiger partial charge on any atom is -0.466 e. The highest BCUT2D eigenvalue weighted by molar-refractivity contribution is 5.99. The van der Waals surface area contributed by atoms with Crippen LogP contribution in [-0.2, 0) is 14.3 Å². The average Bonchev–Trinajstić information content (AvgIpc) is 2.27. The standard InChI is InChI=1S/C12H15O3/c1-2-15-12(14)9-8-11(13)10-6-4-3-5-7-10/h3-4,6-7H,2,5,8-9H2,1H3. The Morgan fingerprint density at radius 3 is 2.80 bits per heavy atom. The van der Waals surface area contributed by atoms with Crippen LogP contribution in [0.5, 0.6) is 0 Å². The third-order valence-corrected chi connectivity index (χ3v) is 2.07. The molecular formula is C12H15O3.